The van der Waals surface area contributed by atoms with Crippen LogP contribution in [0.15, 0.2) is 48.5 Å². The van der Waals surface area contributed by atoms with Gasteiger partial charge in [0, 0.05) is 31.2 Å². The summed E-state index contributed by atoms with van der Waals surface area (Å²) in [6, 6.07) is 16.3. The zero-order valence-corrected chi connectivity index (χ0v) is 15.3. The lowest BCUT2D eigenvalue weighted by Crippen LogP contribution is -2.44. The van der Waals surface area contributed by atoms with Gasteiger partial charge in [0.05, 0.1) is 10.2 Å². The first-order valence-electron chi connectivity index (χ1n) is 8.90. The van der Waals surface area contributed by atoms with Gasteiger partial charge in [0.1, 0.15) is 0 Å². The summed E-state index contributed by atoms with van der Waals surface area (Å²) in [6.07, 6.45) is 1.96. The summed E-state index contributed by atoms with van der Waals surface area (Å²) in [4.78, 5) is 19.2. The number of nitrogens with one attached hydrogen (secondary N) is 1. The lowest BCUT2D eigenvalue weighted by molar-refractivity contribution is 0.0909. The Morgan fingerprint density at radius 3 is 2.73 bits per heavy atom. The van der Waals surface area contributed by atoms with E-state index >= 15 is 0 Å². The van der Waals surface area contributed by atoms with E-state index in [1.807, 2.05) is 24.3 Å². The van der Waals surface area contributed by atoms with E-state index in [4.69, 9.17) is 5.73 Å². The number of benzene rings is 2. The fourth-order valence-corrected chi connectivity index (χ4v) is 4.20. The van der Waals surface area contributed by atoms with Crippen LogP contribution in [0.3, 0.4) is 0 Å². The number of anilines is 1. The maximum atomic E-state index is 12.6. The second-order valence-electron chi connectivity index (χ2n) is 6.74. The van der Waals surface area contributed by atoms with E-state index < -0.39 is 0 Å². The number of amides is 1. The van der Waals surface area contributed by atoms with E-state index in [9.17, 15) is 4.79 Å². The number of piperidine rings is 1. The van der Waals surface area contributed by atoms with E-state index in [1.54, 1.807) is 0 Å². The van der Waals surface area contributed by atoms with Gasteiger partial charge in [0.2, 0.25) is 0 Å². The van der Waals surface area contributed by atoms with Gasteiger partial charge in [0.15, 0.2) is 5.13 Å². The number of carbonyl (C=O) groups is 1. The number of hydrogen-bond donors (Lipinski definition) is 2. The maximum absolute atomic E-state index is 12.6. The maximum Gasteiger partial charge on any atom is 0.251 e. The molecule has 0 aliphatic carbocycles. The van der Waals surface area contributed by atoms with E-state index in [2.05, 4.69) is 39.5 Å². The molecule has 1 saturated heterocycles. The predicted molar refractivity (Wildman–Crippen MR) is 106 cm³/mol. The van der Waals surface area contributed by atoms with Gasteiger partial charge in [-0.05, 0) is 36.6 Å². The highest BCUT2D eigenvalue weighted by atomic mass is 32.1. The average molecular weight is 366 g/mol. The molecule has 0 unspecified atom stereocenters. The Balaban J connectivity index is 1.32. The standard InChI is InChI=1S/C20H22N4OS/c21-20-23-17-7-6-15(12-18(17)26-20)19(25)22-16-8-10-24(11-9-16)13-14-4-2-1-3-5-14/h1-7,12,16H,8-11,13H2,(H2,21,23)(H,22,25). The van der Waals surface area contributed by atoms with Crippen molar-refractivity contribution < 1.29 is 4.79 Å². The Kier molecular flexibility index (Phi) is 4.86. The van der Waals surface area contributed by atoms with Crippen LogP contribution in [0.2, 0.25) is 0 Å². The highest BCUT2D eigenvalue weighted by Gasteiger charge is 2.21. The van der Waals surface area contributed by atoms with Gasteiger partial charge in [-0.3, -0.25) is 9.69 Å². The summed E-state index contributed by atoms with van der Waals surface area (Å²) in [5, 5.41) is 3.71. The third kappa shape index (κ3) is 3.86. The molecule has 1 aliphatic heterocycles. The molecule has 3 aromatic rings. The molecule has 2 aromatic carbocycles. The summed E-state index contributed by atoms with van der Waals surface area (Å²) < 4.78 is 0.952. The summed E-state index contributed by atoms with van der Waals surface area (Å²) in [5.74, 6) is -0.0135. The molecule has 0 atom stereocenters. The molecule has 6 heteroatoms. The van der Waals surface area contributed by atoms with Crippen molar-refractivity contribution in [1.29, 1.82) is 0 Å². The molecule has 1 fully saturated rings. The second kappa shape index (κ2) is 7.43. The van der Waals surface area contributed by atoms with E-state index in [1.165, 1.54) is 16.9 Å². The van der Waals surface area contributed by atoms with Crippen molar-refractivity contribution in [2.45, 2.75) is 25.4 Å². The number of nitrogen functional groups attached to an aromatic ring is 1. The minimum Gasteiger partial charge on any atom is -0.375 e. The van der Waals surface area contributed by atoms with Crippen LogP contribution in [0.4, 0.5) is 5.13 Å². The van der Waals surface area contributed by atoms with Gasteiger partial charge in [-0.25, -0.2) is 4.98 Å². The zero-order valence-electron chi connectivity index (χ0n) is 14.5. The van der Waals surface area contributed by atoms with Crippen LogP contribution in [0.25, 0.3) is 10.2 Å². The van der Waals surface area contributed by atoms with E-state index in [0.29, 0.717) is 10.7 Å². The number of nitrogens with two attached hydrogens (primary N) is 1. The predicted octanol–water partition coefficient (Wildman–Crippen LogP) is 3.27. The van der Waals surface area contributed by atoms with Crippen molar-refractivity contribution in [3.8, 4) is 0 Å². The largest absolute Gasteiger partial charge is 0.375 e. The van der Waals surface area contributed by atoms with Crippen LogP contribution in [0, 0.1) is 0 Å². The van der Waals surface area contributed by atoms with Crippen LogP contribution in [-0.4, -0.2) is 34.9 Å². The van der Waals surface area contributed by atoms with Crippen LogP contribution in [0.1, 0.15) is 28.8 Å². The van der Waals surface area contributed by atoms with Crippen molar-refractivity contribution in [3.63, 3.8) is 0 Å². The van der Waals surface area contributed by atoms with Crippen molar-refractivity contribution in [2.75, 3.05) is 18.8 Å². The van der Waals surface area contributed by atoms with Crippen molar-refractivity contribution >= 4 is 32.6 Å². The molecule has 0 spiro atoms. The molecule has 0 radical (unpaired) electrons. The Bertz CT molecular complexity index is 901. The van der Waals surface area contributed by atoms with Gasteiger partial charge in [-0.2, -0.15) is 0 Å². The molecule has 4 rings (SSSR count). The minimum absolute atomic E-state index is 0.0135. The van der Waals surface area contributed by atoms with Crippen molar-refractivity contribution in [1.82, 2.24) is 15.2 Å². The smallest absolute Gasteiger partial charge is 0.251 e. The summed E-state index contributed by atoms with van der Waals surface area (Å²) in [6.45, 7) is 2.99. The second-order valence-corrected chi connectivity index (χ2v) is 7.81. The van der Waals surface area contributed by atoms with Gasteiger partial charge in [-0.1, -0.05) is 41.7 Å². The number of hydrogen-bond acceptors (Lipinski definition) is 5. The number of carbonyl (C=O) groups excluding carboxylic acids is 1. The quantitative estimate of drug-likeness (QED) is 0.743. The molecule has 2 heterocycles. The van der Waals surface area contributed by atoms with Crippen molar-refractivity contribution in [3.05, 3.63) is 59.7 Å². The summed E-state index contributed by atoms with van der Waals surface area (Å²) >= 11 is 1.41. The summed E-state index contributed by atoms with van der Waals surface area (Å²) in [7, 11) is 0. The van der Waals surface area contributed by atoms with Crippen LogP contribution < -0.4 is 11.1 Å². The number of aromatic nitrogens is 1. The van der Waals surface area contributed by atoms with E-state index in [-0.39, 0.29) is 11.9 Å². The molecule has 1 amide bonds. The molecule has 0 saturated carbocycles. The highest BCUT2D eigenvalue weighted by Crippen LogP contribution is 2.24. The lowest BCUT2D eigenvalue weighted by atomic mass is 10.0. The molecule has 26 heavy (non-hydrogen) atoms. The van der Waals surface area contributed by atoms with Gasteiger partial charge < -0.3 is 11.1 Å². The van der Waals surface area contributed by atoms with Gasteiger partial charge in [0.25, 0.3) is 5.91 Å². The first-order chi connectivity index (χ1) is 12.7. The van der Waals surface area contributed by atoms with Crippen LogP contribution in [0.5, 0.6) is 0 Å². The molecule has 5 nitrogen and oxygen atoms in total. The Morgan fingerprint density at radius 1 is 1.19 bits per heavy atom. The first kappa shape index (κ1) is 17.0. The Hall–Kier alpha value is -2.44. The molecule has 1 aliphatic rings. The highest BCUT2D eigenvalue weighted by molar-refractivity contribution is 7.22. The third-order valence-corrected chi connectivity index (χ3v) is 5.69. The molecule has 1 aromatic heterocycles. The Morgan fingerprint density at radius 2 is 1.96 bits per heavy atom. The van der Waals surface area contributed by atoms with Crippen LogP contribution in [-0.2, 0) is 6.54 Å². The minimum atomic E-state index is -0.0135. The van der Waals surface area contributed by atoms with Crippen LogP contribution >= 0.6 is 11.3 Å². The zero-order chi connectivity index (χ0) is 17.9. The molecular weight excluding hydrogens is 344 g/mol. The molecule has 134 valence electrons. The average Bonchev–Trinajstić information content (AvgIpc) is 3.03. The van der Waals surface area contributed by atoms with Gasteiger partial charge in [-0.15, -0.1) is 0 Å². The number of thiazole rings is 1. The topological polar surface area (TPSA) is 71.2 Å². The third-order valence-electron chi connectivity index (χ3n) is 4.84. The number of likely N-dealkylation sites (tertiary alicyclic amines) is 1. The SMILES string of the molecule is Nc1nc2ccc(C(=O)NC3CCN(Cc4ccccc4)CC3)cc2s1. The summed E-state index contributed by atoms with van der Waals surface area (Å²) in [5.41, 5.74) is 8.60. The Labute approximate surface area is 156 Å². The number of nitrogens with zero attached hydrogens (tertiary/aromatic N) is 2. The molecule has 3 N–H and O–H groups in total. The normalized spacial score (nSPS) is 16.0. The fraction of sp³-hybridized carbons (Fsp3) is 0.300. The van der Waals surface area contributed by atoms with Crippen molar-refractivity contribution in [2.24, 2.45) is 0 Å². The number of fused-ring (bicyclic) bond motifs is 1. The van der Waals surface area contributed by atoms with E-state index in [0.717, 1.165) is 42.7 Å². The fourth-order valence-electron chi connectivity index (χ4n) is 3.43. The monoisotopic (exact) mass is 366 g/mol. The first-order valence-corrected chi connectivity index (χ1v) is 9.72. The molecule has 0 bridgehead atoms. The number of rotatable bonds is 4. The molecular formula is C20H22N4OS. The van der Waals surface area contributed by atoms with Gasteiger partial charge >= 0.3 is 0 Å². The lowest BCUT2D eigenvalue weighted by Gasteiger charge is -2.32.